The van der Waals surface area contributed by atoms with Gasteiger partial charge in [-0.2, -0.15) is 5.26 Å². The number of esters is 1. The highest BCUT2D eigenvalue weighted by atomic mass is 16.6. The second-order valence-corrected chi connectivity index (χ2v) is 5.94. The Labute approximate surface area is 155 Å². The summed E-state index contributed by atoms with van der Waals surface area (Å²) in [4.78, 5) is 25.1. The van der Waals surface area contributed by atoms with Gasteiger partial charge in [-0.25, -0.2) is 4.79 Å². The first-order valence-corrected chi connectivity index (χ1v) is 8.36. The number of carbonyl (C=O) groups is 1. The Morgan fingerprint density at radius 3 is 2.56 bits per heavy atom. The van der Waals surface area contributed by atoms with Gasteiger partial charge >= 0.3 is 5.97 Å². The molecule has 1 fully saturated rings. The van der Waals surface area contributed by atoms with Gasteiger partial charge in [-0.3, -0.25) is 10.1 Å². The van der Waals surface area contributed by atoms with Gasteiger partial charge in [0.15, 0.2) is 0 Å². The molecule has 0 atom stereocenters. The fourth-order valence-electron chi connectivity index (χ4n) is 2.78. The number of hydrogen-bond donors (Lipinski definition) is 0. The lowest BCUT2D eigenvalue weighted by Crippen LogP contribution is -2.36. The number of benzene rings is 2. The van der Waals surface area contributed by atoms with Gasteiger partial charge in [0.25, 0.3) is 5.69 Å². The summed E-state index contributed by atoms with van der Waals surface area (Å²) in [6.07, 6.45) is 0. The van der Waals surface area contributed by atoms with Crippen LogP contribution < -0.4 is 4.90 Å². The molecule has 1 aliphatic rings. The molecule has 2 aromatic carbocycles. The molecule has 0 amide bonds. The Morgan fingerprint density at radius 2 is 1.93 bits per heavy atom. The molecule has 1 aliphatic heterocycles. The minimum Gasteiger partial charge on any atom is -0.457 e. The summed E-state index contributed by atoms with van der Waals surface area (Å²) < 4.78 is 10.5. The Kier molecular flexibility index (Phi) is 5.64. The van der Waals surface area contributed by atoms with Gasteiger partial charge < -0.3 is 14.4 Å². The van der Waals surface area contributed by atoms with Gasteiger partial charge in [0, 0.05) is 19.2 Å². The van der Waals surface area contributed by atoms with Crippen LogP contribution in [0.3, 0.4) is 0 Å². The zero-order chi connectivity index (χ0) is 19.2. The maximum atomic E-state index is 12.3. The van der Waals surface area contributed by atoms with Gasteiger partial charge in [-0.05, 0) is 29.8 Å². The SMILES string of the molecule is N#Cc1ccc(COC(=O)c2ccc(N3CCOCC3)c([N+](=O)[O-])c2)cc1. The molecule has 8 nitrogen and oxygen atoms in total. The normalized spacial score (nSPS) is 13.7. The van der Waals surface area contributed by atoms with Crippen LogP contribution in [0.15, 0.2) is 42.5 Å². The van der Waals surface area contributed by atoms with E-state index in [-0.39, 0.29) is 17.9 Å². The summed E-state index contributed by atoms with van der Waals surface area (Å²) in [5.41, 5.74) is 1.69. The van der Waals surface area contributed by atoms with Crippen LogP contribution in [-0.4, -0.2) is 37.2 Å². The molecule has 27 heavy (non-hydrogen) atoms. The first kappa shape index (κ1) is 18.4. The number of nitriles is 1. The van der Waals surface area contributed by atoms with Gasteiger partial charge in [0.2, 0.25) is 0 Å². The molecule has 0 spiro atoms. The summed E-state index contributed by atoms with van der Waals surface area (Å²) in [7, 11) is 0. The lowest BCUT2D eigenvalue weighted by Gasteiger charge is -2.28. The van der Waals surface area contributed by atoms with Crippen molar-refractivity contribution in [2.45, 2.75) is 6.61 Å². The minimum absolute atomic E-state index is 0.0174. The third-order valence-corrected chi connectivity index (χ3v) is 4.21. The zero-order valence-electron chi connectivity index (χ0n) is 14.5. The monoisotopic (exact) mass is 367 g/mol. The van der Waals surface area contributed by atoms with Crippen molar-refractivity contribution in [1.29, 1.82) is 5.26 Å². The maximum absolute atomic E-state index is 12.3. The number of hydrogen-bond acceptors (Lipinski definition) is 7. The number of carbonyl (C=O) groups excluding carboxylic acids is 1. The van der Waals surface area contributed by atoms with E-state index in [9.17, 15) is 14.9 Å². The molecule has 138 valence electrons. The van der Waals surface area contributed by atoms with Gasteiger partial charge in [0.05, 0.1) is 35.3 Å². The third-order valence-electron chi connectivity index (χ3n) is 4.21. The summed E-state index contributed by atoms with van der Waals surface area (Å²) in [5, 5.41) is 20.2. The number of anilines is 1. The molecular formula is C19H17N3O5. The average molecular weight is 367 g/mol. The van der Waals surface area contributed by atoms with Crippen molar-refractivity contribution in [2.75, 3.05) is 31.2 Å². The molecule has 0 aliphatic carbocycles. The van der Waals surface area contributed by atoms with E-state index in [0.717, 1.165) is 5.56 Å². The van der Waals surface area contributed by atoms with E-state index < -0.39 is 10.9 Å². The van der Waals surface area contributed by atoms with Crippen molar-refractivity contribution in [3.05, 3.63) is 69.3 Å². The van der Waals surface area contributed by atoms with Gasteiger partial charge in [0.1, 0.15) is 12.3 Å². The minimum atomic E-state index is -0.643. The Hall–Kier alpha value is -3.44. The highest BCUT2D eigenvalue weighted by Gasteiger charge is 2.23. The first-order chi connectivity index (χ1) is 13.1. The molecule has 3 rings (SSSR count). The average Bonchev–Trinajstić information content (AvgIpc) is 2.72. The number of morpholine rings is 1. The standard InChI is InChI=1S/C19H17N3O5/c20-12-14-1-3-15(4-2-14)13-27-19(23)16-5-6-17(18(11-16)22(24)25)21-7-9-26-10-8-21/h1-6,11H,7-10,13H2. The molecule has 0 aromatic heterocycles. The number of nitro benzene ring substituents is 1. The van der Waals surface area contributed by atoms with Crippen molar-refractivity contribution in [2.24, 2.45) is 0 Å². The molecule has 0 unspecified atom stereocenters. The Bertz CT molecular complexity index is 883. The van der Waals surface area contributed by atoms with Crippen molar-refractivity contribution in [3.63, 3.8) is 0 Å². The molecular weight excluding hydrogens is 350 g/mol. The molecule has 0 bridgehead atoms. The second kappa shape index (κ2) is 8.29. The summed E-state index contributed by atoms with van der Waals surface area (Å²) in [5.74, 6) is -0.643. The van der Waals surface area contributed by atoms with E-state index in [1.54, 1.807) is 30.3 Å². The van der Waals surface area contributed by atoms with Crippen LogP contribution in [0.25, 0.3) is 0 Å². The largest absolute Gasteiger partial charge is 0.457 e. The van der Waals surface area contributed by atoms with Crippen LogP contribution in [0.1, 0.15) is 21.5 Å². The van der Waals surface area contributed by atoms with Crippen molar-refractivity contribution < 1.29 is 19.2 Å². The number of nitrogens with zero attached hydrogens (tertiary/aromatic N) is 3. The van der Waals surface area contributed by atoms with Crippen molar-refractivity contribution in [1.82, 2.24) is 0 Å². The van der Waals surface area contributed by atoms with Crippen LogP contribution in [0.4, 0.5) is 11.4 Å². The quantitative estimate of drug-likeness (QED) is 0.454. The predicted molar refractivity (Wildman–Crippen MR) is 96.4 cm³/mol. The molecule has 0 N–H and O–H groups in total. The van der Waals surface area contributed by atoms with Crippen LogP contribution >= 0.6 is 0 Å². The number of ether oxygens (including phenoxy) is 2. The predicted octanol–water partition coefficient (Wildman–Crippen LogP) is 2.66. The lowest BCUT2D eigenvalue weighted by molar-refractivity contribution is -0.384. The topological polar surface area (TPSA) is 106 Å². The summed E-state index contributed by atoms with van der Waals surface area (Å²) in [6.45, 7) is 2.15. The molecule has 1 heterocycles. The molecule has 2 aromatic rings. The summed E-state index contributed by atoms with van der Waals surface area (Å²) >= 11 is 0. The van der Waals surface area contributed by atoms with Crippen LogP contribution in [0, 0.1) is 21.4 Å². The van der Waals surface area contributed by atoms with E-state index in [1.807, 2.05) is 11.0 Å². The first-order valence-electron chi connectivity index (χ1n) is 8.36. The third kappa shape index (κ3) is 4.40. The van der Waals surface area contributed by atoms with Gasteiger partial charge in [-0.1, -0.05) is 12.1 Å². The number of rotatable bonds is 5. The lowest BCUT2D eigenvalue weighted by atomic mass is 10.1. The van der Waals surface area contributed by atoms with E-state index >= 15 is 0 Å². The zero-order valence-corrected chi connectivity index (χ0v) is 14.5. The van der Waals surface area contributed by atoms with E-state index in [1.165, 1.54) is 12.1 Å². The van der Waals surface area contributed by atoms with E-state index in [2.05, 4.69) is 0 Å². The smallest absolute Gasteiger partial charge is 0.338 e. The molecule has 0 saturated carbocycles. The fraction of sp³-hybridized carbons (Fsp3) is 0.263. The van der Waals surface area contributed by atoms with E-state index in [4.69, 9.17) is 14.7 Å². The van der Waals surface area contributed by atoms with Crippen molar-refractivity contribution in [3.8, 4) is 6.07 Å². The Morgan fingerprint density at radius 1 is 1.22 bits per heavy atom. The second-order valence-electron chi connectivity index (χ2n) is 5.94. The molecule has 8 heteroatoms. The molecule has 0 radical (unpaired) electrons. The number of nitro groups is 1. The van der Waals surface area contributed by atoms with Crippen molar-refractivity contribution >= 4 is 17.3 Å². The molecule has 1 saturated heterocycles. The van der Waals surface area contributed by atoms with Crippen LogP contribution in [0.5, 0.6) is 0 Å². The Balaban J connectivity index is 1.73. The van der Waals surface area contributed by atoms with E-state index in [0.29, 0.717) is 37.6 Å². The fourth-order valence-corrected chi connectivity index (χ4v) is 2.78. The van der Waals surface area contributed by atoms with Gasteiger partial charge in [-0.15, -0.1) is 0 Å². The van der Waals surface area contributed by atoms with Crippen LogP contribution in [-0.2, 0) is 16.1 Å². The highest BCUT2D eigenvalue weighted by Crippen LogP contribution is 2.30. The summed E-state index contributed by atoms with van der Waals surface area (Å²) in [6, 6.07) is 13.0. The van der Waals surface area contributed by atoms with Crippen LogP contribution in [0.2, 0.25) is 0 Å². The highest BCUT2D eigenvalue weighted by molar-refractivity contribution is 5.91. The maximum Gasteiger partial charge on any atom is 0.338 e.